The summed E-state index contributed by atoms with van der Waals surface area (Å²) in [6, 6.07) is 12.6. The van der Waals surface area contributed by atoms with Crippen molar-refractivity contribution in [2.75, 3.05) is 0 Å². The Morgan fingerprint density at radius 2 is 1.74 bits per heavy atom. The zero-order valence-electron chi connectivity index (χ0n) is 10.1. The molecule has 2 rings (SSSR count). The van der Waals surface area contributed by atoms with Gasteiger partial charge in [0, 0.05) is 6.42 Å². The highest BCUT2D eigenvalue weighted by Gasteiger charge is 2.15. The average molecular weight is 368 g/mol. The number of phenolic OH excluding ortho intramolecular Hbond substituents is 2. The van der Waals surface area contributed by atoms with Crippen LogP contribution in [0.4, 0.5) is 0 Å². The Bertz CT molecular complexity index is 594. The summed E-state index contributed by atoms with van der Waals surface area (Å²) in [6.07, 6.45) is 0.967. The van der Waals surface area contributed by atoms with Crippen LogP contribution in [0, 0.1) is 3.57 Å². The Kier molecular flexibility index (Phi) is 4.42. The number of hydrogen-bond donors (Lipinski definition) is 2. The van der Waals surface area contributed by atoms with Gasteiger partial charge in [0.2, 0.25) is 0 Å². The lowest BCUT2D eigenvalue weighted by Gasteiger charge is -2.07. The summed E-state index contributed by atoms with van der Waals surface area (Å²) in [5.74, 6) is -0.282. The minimum Gasteiger partial charge on any atom is -0.507 e. The molecule has 98 valence electrons. The molecule has 2 N–H and O–H groups in total. The molecule has 0 aliphatic carbocycles. The van der Waals surface area contributed by atoms with Crippen molar-refractivity contribution in [3.8, 4) is 11.5 Å². The van der Waals surface area contributed by atoms with E-state index in [9.17, 15) is 15.0 Å². The molecule has 0 atom stereocenters. The third-order valence-corrected chi connectivity index (χ3v) is 3.94. The summed E-state index contributed by atoms with van der Waals surface area (Å²) in [5, 5.41) is 19.3. The highest BCUT2D eigenvalue weighted by Crippen LogP contribution is 2.32. The van der Waals surface area contributed by atoms with Crippen molar-refractivity contribution in [3.63, 3.8) is 0 Å². The number of benzene rings is 2. The van der Waals surface area contributed by atoms with Crippen molar-refractivity contribution in [3.05, 3.63) is 57.2 Å². The van der Waals surface area contributed by atoms with Crippen LogP contribution < -0.4 is 0 Å². The van der Waals surface area contributed by atoms with Gasteiger partial charge >= 0.3 is 0 Å². The Morgan fingerprint density at radius 1 is 1.05 bits per heavy atom. The minimum atomic E-state index is -0.140. The molecule has 0 fully saturated rings. The van der Waals surface area contributed by atoms with E-state index in [4.69, 9.17) is 0 Å². The standard InChI is InChI=1S/C15H13IO3/c16-14-13(18)9-7-11(15(14)19)12(17)8-6-10-4-2-1-3-5-10/h1-5,7,9,18-19H,6,8H2. The predicted octanol–water partition coefficient (Wildman–Crippen LogP) is 3.52. The molecule has 0 unspecified atom stereocenters. The van der Waals surface area contributed by atoms with E-state index in [0.717, 1.165) is 5.56 Å². The molecule has 0 radical (unpaired) electrons. The number of carbonyl (C=O) groups excluding carboxylic acids is 1. The van der Waals surface area contributed by atoms with E-state index in [2.05, 4.69) is 0 Å². The van der Waals surface area contributed by atoms with Crippen LogP contribution in [0.2, 0.25) is 0 Å². The summed E-state index contributed by atoms with van der Waals surface area (Å²) in [7, 11) is 0. The molecule has 0 saturated heterocycles. The Balaban J connectivity index is 2.11. The second-order valence-electron chi connectivity index (χ2n) is 4.20. The maximum Gasteiger partial charge on any atom is 0.166 e. The quantitative estimate of drug-likeness (QED) is 0.642. The topological polar surface area (TPSA) is 57.5 Å². The smallest absolute Gasteiger partial charge is 0.166 e. The fourth-order valence-corrected chi connectivity index (χ4v) is 2.29. The molecule has 4 heteroatoms. The monoisotopic (exact) mass is 368 g/mol. The number of phenols is 2. The van der Waals surface area contributed by atoms with Crippen molar-refractivity contribution < 1.29 is 15.0 Å². The molecular weight excluding hydrogens is 355 g/mol. The van der Waals surface area contributed by atoms with Crippen molar-refractivity contribution in [2.24, 2.45) is 0 Å². The lowest BCUT2D eigenvalue weighted by molar-refractivity contribution is 0.0980. The molecule has 0 spiro atoms. The van der Waals surface area contributed by atoms with Crippen molar-refractivity contribution in [1.82, 2.24) is 0 Å². The van der Waals surface area contributed by atoms with Gasteiger partial charge < -0.3 is 10.2 Å². The number of hydrogen-bond acceptors (Lipinski definition) is 3. The number of aromatic hydroxyl groups is 2. The lowest BCUT2D eigenvalue weighted by atomic mass is 10.0. The van der Waals surface area contributed by atoms with Gasteiger partial charge in [0.05, 0.1) is 9.13 Å². The zero-order valence-corrected chi connectivity index (χ0v) is 12.3. The van der Waals surface area contributed by atoms with Gasteiger partial charge in [-0.25, -0.2) is 0 Å². The number of rotatable bonds is 4. The largest absolute Gasteiger partial charge is 0.507 e. The van der Waals surface area contributed by atoms with Gasteiger partial charge in [-0.05, 0) is 46.7 Å². The van der Waals surface area contributed by atoms with Crippen molar-refractivity contribution in [1.29, 1.82) is 0 Å². The van der Waals surface area contributed by atoms with Gasteiger partial charge in [0.1, 0.15) is 11.5 Å². The SMILES string of the molecule is O=C(CCc1ccccc1)c1ccc(O)c(I)c1O. The fourth-order valence-electron chi connectivity index (χ4n) is 1.82. The minimum absolute atomic E-state index is 0.0160. The Morgan fingerprint density at radius 3 is 2.42 bits per heavy atom. The second-order valence-corrected chi connectivity index (χ2v) is 5.28. The van der Waals surface area contributed by atoms with E-state index >= 15 is 0 Å². The van der Waals surface area contributed by atoms with Crippen LogP contribution in [0.25, 0.3) is 0 Å². The molecule has 0 aliphatic heterocycles. The van der Waals surface area contributed by atoms with Gasteiger partial charge in [-0.2, -0.15) is 0 Å². The first-order valence-corrected chi connectivity index (χ1v) is 6.95. The van der Waals surface area contributed by atoms with Crippen LogP contribution in [0.1, 0.15) is 22.3 Å². The lowest BCUT2D eigenvalue weighted by Crippen LogP contribution is -2.02. The second kappa shape index (κ2) is 6.06. The maximum absolute atomic E-state index is 12.1. The third kappa shape index (κ3) is 3.26. The fraction of sp³-hybridized carbons (Fsp3) is 0.133. The molecule has 0 aliphatic rings. The molecule has 2 aromatic rings. The zero-order chi connectivity index (χ0) is 13.8. The highest BCUT2D eigenvalue weighted by molar-refractivity contribution is 14.1. The molecule has 3 nitrogen and oxygen atoms in total. The number of aryl methyl sites for hydroxylation is 1. The van der Waals surface area contributed by atoms with Crippen LogP contribution in [-0.4, -0.2) is 16.0 Å². The summed E-state index contributed by atoms with van der Waals surface area (Å²) < 4.78 is 0.308. The average Bonchev–Trinajstić information content (AvgIpc) is 2.43. The van der Waals surface area contributed by atoms with E-state index < -0.39 is 0 Å². The normalized spacial score (nSPS) is 10.4. The van der Waals surface area contributed by atoms with Crippen LogP contribution >= 0.6 is 22.6 Å². The van der Waals surface area contributed by atoms with E-state index in [-0.39, 0.29) is 22.8 Å². The molecule has 0 aromatic heterocycles. The summed E-state index contributed by atoms with van der Waals surface area (Å²) in [4.78, 5) is 12.1. The Hall–Kier alpha value is -1.56. The highest BCUT2D eigenvalue weighted by atomic mass is 127. The molecule has 0 amide bonds. The molecule has 0 bridgehead atoms. The molecule has 2 aromatic carbocycles. The number of halogens is 1. The molecule has 0 heterocycles. The first kappa shape index (κ1) is 13.9. The van der Waals surface area contributed by atoms with E-state index in [1.54, 1.807) is 0 Å². The number of Topliss-reactive ketones (excluding diaryl/α,β-unsaturated/α-hetero) is 1. The Labute approximate surface area is 125 Å². The maximum atomic E-state index is 12.1. The van der Waals surface area contributed by atoms with Crippen LogP contribution in [0.5, 0.6) is 11.5 Å². The number of carbonyl (C=O) groups is 1. The summed E-state index contributed by atoms with van der Waals surface area (Å²) in [6.45, 7) is 0. The van der Waals surface area contributed by atoms with Crippen LogP contribution in [-0.2, 0) is 6.42 Å². The van der Waals surface area contributed by atoms with Gasteiger partial charge in [0.15, 0.2) is 5.78 Å². The first-order valence-electron chi connectivity index (χ1n) is 5.87. The van der Waals surface area contributed by atoms with Gasteiger partial charge in [0.25, 0.3) is 0 Å². The van der Waals surface area contributed by atoms with Crippen LogP contribution in [0.3, 0.4) is 0 Å². The van der Waals surface area contributed by atoms with Crippen LogP contribution in [0.15, 0.2) is 42.5 Å². The first-order chi connectivity index (χ1) is 9.09. The summed E-state index contributed by atoms with van der Waals surface area (Å²) in [5.41, 5.74) is 1.35. The molecular formula is C15H13IO3. The predicted molar refractivity (Wildman–Crippen MR) is 81.6 cm³/mol. The van der Waals surface area contributed by atoms with Crippen molar-refractivity contribution >= 4 is 28.4 Å². The van der Waals surface area contributed by atoms with E-state index in [0.29, 0.717) is 16.4 Å². The van der Waals surface area contributed by atoms with Gasteiger partial charge in [-0.1, -0.05) is 30.3 Å². The van der Waals surface area contributed by atoms with Crippen molar-refractivity contribution in [2.45, 2.75) is 12.8 Å². The van der Waals surface area contributed by atoms with Gasteiger partial charge in [-0.15, -0.1) is 0 Å². The number of ketones is 1. The summed E-state index contributed by atoms with van der Waals surface area (Å²) >= 11 is 1.82. The molecule has 19 heavy (non-hydrogen) atoms. The van der Waals surface area contributed by atoms with Gasteiger partial charge in [-0.3, -0.25) is 4.79 Å². The third-order valence-electron chi connectivity index (χ3n) is 2.88. The van der Waals surface area contributed by atoms with E-state index in [1.807, 2.05) is 52.9 Å². The van der Waals surface area contributed by atoms with E-state index in [1.165, 1.54) is 12.1 Å². The molecule has 0 saturated carbocycles.